The summed E-state index contributed by atoms with van der Waals surface area (Å²) in [4.78, 5) is 18.8. The summed E-state index contributed by atoms with van der Waals surface area (Å²) in [5.41, 5.74) is 2.14. The smallest absolute Gasteiger partial charge is 0.251 e. The van der Waals surface area contributed by atoms with Crippen molar-refractivity contribution in [2.75, 3.05) is 38.0 Å². The van der Waals surface area contributed by atoms with Crippen molar-refractivity contribution < 1.29 is 14.6 Å². The van der Waals surface area contributed by atoms with Gasteiger partial charge in [0.2, 0.25) is 5.95 Å². The van der Waals surface area contributed by atoms with Crippen molar-refractivity contribution in [2.45, 2.75) is 25.7 Å². The molecule has 0 atom stereocenters. The minimum absolute atomic E-state index is 0.141. The van der Waals surface area contributed by atoms with Gasteiger partial charge in [0.05, 0.1) is 6.20 Å². The van der Waals surface area contributed by atoms with Gasteiger partial charge in [-0.25, -0.2) is 9.38 Å². The van der Waals surface area contributed by atoms with Gasteiger partial charge in [0.15, 0.2) is 17.4 Å². The summed E-state index contributed by atoms with van der Waals surface area (Å²) in [5.74, 6) is -0.132. The van der Waals surface area contributed by atoms with Crippen LogP contribution in [0, 0.1) is 5.82 Å². The second kappa shape index (κ2) is 10.7. The highest BCUT2D eigenvalue weighted by Crippen LogP contribution is 2.21. The molecule has 1 fully saturated rings. The number of rotatable bonds is 9. The molecule has 1 aromatic carbocycles. The van der Waals surface area contributed by atoms with Crippen LogP contribution in [-0.2, 0) is 6.42 Å². The summed E-state index contributed by atoms with van der Waals surface area (Å²) >= 11 is 0. The van der Waals surface area contributed by atoms with E-state index in [4.69, 9.17) is 0 Å². The average Bonchev–Trinajstić information content (AvgIpc) is 3.58. The van der Waals surface area contributed by atoms with Gasteiger partial charge in [-0.3, -0.25) is 4.98 Å². The van der Waals surface area contributed by atoms with E-state index in [-0.39, 0.29) is 17.6 Å². The highest BCUT2D eigenvalue weighted by atomic mass is 19.1. The lowest BCUT2D eigenvalue weighted by atomic mass is 10.1. The highest BCUT2D eigenvalue weighted by Gasteiger charge is 2.12. The number of nitrogens with zero attached hydrogens (tertiary/aromatic N) is 6. The molecule has 10 nitrogen and oxygen atoms in total. The summed E-state index contributed by atoms with van der Waals surface area (Å²) in [6.45, 7) is 4.47. The van der Waals surface area contributed by atoms with Gasteiger partial charge in [-0.1, -0.05) is 12.1 Å². The molecule has 0 bridgehead atoms. The predicted octanol–water partition coefficient (Wildman–Crippen LogP) is 1.59. The van der Waals surface area contributed by atoms with Crippen molar-refractivity contribution in [3.63, 3.8) is 0 Å². The van der Waals surface area contributed by atoms with Crippen molar-refractivity contribution in [1.29, 1.82) is 0 Å². The number of halogens is 1. The maximum absolute atomic E-state index is 13.5. The average molecular weight is 493 g/mol. The topological polar surface area (TPSA) is 127 Å². The zero-order valence-corrected chi connectivity index (χ0v) is 19.9. The molecule has 0 unspecified atom stereocenters. The minimum Gasteiger partial charge on any atom is -0.494 e. The monoisotopic (exact) mass is 492 g/mol. The van der Waals surface area contributed by atoms with Crippen molar-refractivity contribution in [1.82, 2.24) is 29.5 Å². The number of aromatic nitrogens is 5. The third-order valence-electron chi connectivity index (χ3n) is 6.18. The van der Waals surface area contributed by atoms with Gasteiger partial charge in [0, 0.05) is 29.9 Å². The molecular weight excluding hydrogens is 463 g/mol. The van der Waals surface area contributed by atoms with Crippen LogP contribution in [0.15, 0.2) is 41.5 Å². The fourth-order valence-electron chi connectivity index (χ4n) is 4.37. The first-order chi connectivity index (χ1) is 17.5. The second-order valence-corrected chi connectivity index (χ2v) is 8.88. The van der Waals surface area contributed by atoms with Crippen molar-refractivity contribution in [3.8, 4) is 11.8 Å². The first kappa shape index (κ1) is 23.7. The van der Waals surface area contributed by atoms with Gasteiger partial charge < -0.3 is 20.4 Å². The molecule has 1 aliphatic rings. The molecule has 0 spiro atoms. The number of fused-ring (bicyclic) bond motifs is 1. The van der Waals surface area contributed by atoms with E-state index < -0.39 is 0 Å². The van der Waals surface area contributed by atoms with E-state index in [0.717, 1.165) is 38.2 Å². The van der Waals surface area contributed by atoms with E-state index in [2.05, 4.69) is 35.3 Å². The largest absolute Gasteiger partial charge is 0.494 e. The summed E-state index contributed by atoms with van der Waals surface area (Å²) < 4.78 is 15.1. The molecule has 4 heterocycles. The van der Waals surface area contributed by atoms with Crippen LogP contribution in [-0.4, -0.2) is 72.4 Å². The van der Waals surface area contributed by atoms with Gasteiger partial charge in [0.25, 0.3) is 5.62 Å². The first-order valence-corrected chi connectivity index (χ1v) is 12.1. The molecule has 0 aliphatic carbocycles. The molecule has 188 valence electrons. The lowest BCUT2D eigenvalue weighted by molar-refractivity contribution is 0.337. The fraction of sp³-hybridized carbons (Fsp3) is 0.360. The molecule has 3 aromatic heterocycles. The lowest BCUT2D eigenvalue weighted by Crippen LogP contribution is -2.26. The third kappa shape index (κ3) is 5.62. The number of anilines is 1. The Morgan fingerprint density at radius 2 is 2.03 bits per heavy atom. The maximum atomic E-state index is 13.5. The zero-order chi connectivity index (χ0) is 24.9. The Balaban J connectivity index is 1.43. The van der Waals surface area contributed by atoms with Crippen LogP contribution in [0.4, 0.5) is 10.3 Å². The number of aromatic hydroxyl groups is 2. The Labute approximate surface area is 206 Å². The number of nitrogens with one attached hydrogen (secondary N) is 2. The van der Waals surface area contributed by atoms with Crippen molar-refractivity contribution >= 4 is 17.7 Å². The second-order valence-electron chi connectivity index (χ2n) is 8.88. The van der Waals surface area contributed by atoms with Crippen LogP contribution in [0.1, 0.15) is 30.4 Å². The van der Waals surface area contributed by atoms with Gasteiger partial charge >= 0.3 is 0 Å². The summed E-state index contributed by atoms with van der Waals surface area (Å²) in [7, 11) is 0. The molecule has 36 heavy (non-hydrogen) atoms. The molecule has 11 heteroatoms. The number of hydrogen-bond acceptors (Lipinski definition) is 8. The number of benzene rings is 1. The quantitative estimate of drug-likeness (QED) is 0.261. The number of hydrogen-bond donors (Lipinski definition) is 4. The standard InChI is InChI=1S/C25H29FN8O2/c26-20-6-3-5-17(13-20)7-9-28-25-32-24(27-8-4-12-33-10-1-2-11-33)31-22-19(16-29-34(22)25)14-18-15-21(35)30-23(18)36/h3,5-6,13-16,30,35-36H,1-2,4,7-12H2,(H,27,28,32). The molecule has 0 radical (unpaired) electrons. The van der Waals surface area contributed by atoms with E-state index in [1.165, 1.54) is 35.6 Å². The first-order valence-electron chi connectivity index (χ1n) is 12.1. The Bertz CT molecular complexity index is 1460. The zero-order valence-electron chi connectivity index (χ0n) is 19.9. The van der Waals surface area contributed by atoms with Crippen LogP contribution in [0.25, 0.3) is 11.7 Å². The predicted molar refractivity (Wildman–Crippen MR) is 133 cm³/mol. The number of H-pyrrole nitrogens is 1. The molecule has 4 aromatic rings. The Morgan fingerprint density at radius 1 is 1.17 bits per heavy atom. The number of likely N-dealkylation sites (tertiary alicyclic amines) is 1. The van der Waals surface area contributed by atoms with Gasteiger partial charge in [-0.2, -0.15) is 19.6 Å². The molecule has 1 saturated heterocycles. The summed E-state index contributed by atoms with van der Waals surface area (Å²) in [6, 6.07) is 7.88. The minimum atomic E-state index is -0.274. The Morgan fingerprint density at radius 3 is 2.81 bits per heavy atom. The van der Waals surface area contributed by atoms with E-state index in [1.54, 1.807) is 18.3 Å². The van der Waals surface area contributed by atoms with Crippen LogP contribution in [0.3, 0.4) is 0 Å². The van der Waals surface area contributed by atoms with Crippen LogP contribution in [0.2, 0.25) is 0 Å². The third-order valence-corrected chi connectivity index (χ3v) is 6.18. The van der Waals surface area contributed by atoms with Crippen molar-refractivity contribution in [3.05, 3.63) is 64.3 Å². The van der Waals surface area contributed by atoms with Crippen molar-refractivity contribution in [2.24, 2.45) is 4.99 Å². The highest BCUT2D eigenvalue weighted by molar-refractivity contribution is 5.61. The van der Waals surface area contributed by atoms with E-state index >= 15 is 0 Å². The molecule has 4 N–H and O–H groups in total. The molecule has 1 aliphatic heterocycles. The van der Waals surface area contributed by atoms with Crippen LogP contribution in [0.5, 0.6) is 11.8 Å². The Kier molecular flexibility index (Phi) is 7.08. The van der Waals surface area contributed by atoms with Gasteiger partial charge in [-0.15, -0.1) is 0 Å². The normalized spacial score (nSPS) is 15.4. The SMILES string of the molecule is Oc1cc(C=c2cnn3c(=NCCc4cccc(F)c4)nc(NCCCN4CCCC4)nc23)c(O)[nH]1. The molecule has 0 saturated carbocycles. The van der Waals surface area contributed by atoms with Crippen LogP contribution < -0.4 is 16.2 Å². The van der Waals surface area contributed by atoms with E-state index in [0.29, 0.717) is 41.0 Å². The molecule has 5 rings (SSSR count). The van der Waals surface area contributed by atoms with Crippen LogP contribution >= 0.6 is 0 Å². The molecule has 0 amide bonds. The fourth-order valence-corrected chi connectivity index (χ4v) is 4.37. The van der Waals surface area contributed by atoms with E-state index in [9.17, 15) is 14.6 Å². The number of aromatic amines is 1. The Hall–Kier alpha value is -3.99. The summed E-state index contributed by atoms with van der Waals surface area (Å²) in [6.07, 6.45) is 7.34. The molecular formula is C25H29FN8O2. The van der Waals surface area contributed by atoms with Gasteiger partial charge in [0.1, 0.15) is 5.82 Å². The maximum Gasteiger partial charge on any atom is 0.251 e. The summed E-state index contributed by atoms with van der Waals surface area (Å²) in [5, 5.41) is 28.0. The van der Waals surface area contributed by atoms with E-state index in [1.807, 2.05) is 6.07 Å². The van der Waals surface area contributed by atoms with Gasteiger partial charge in [-0.05, 0) is 69.1 Å². The lowest BCUT2D eigenvalue weighted by Gasteiger charge is -2.14.